The molecule has 0 bridgehead atoms. The van der Waals surface area contributed by atoms with Gasteiger partial charge in [-0.2, -0.15) is 0 Å². The quantitative estimate of drug-likeness (QED) is 0.665. The van der Waals surface area contributed by atoms with Crippen molar-refractivity contribution in [1.29, 1.82) is 0 Å². The molecule has 0 radical (unpaired) electrons. The summed E-state index contributed by atoms with van der Waals surface area (Å²) >= 11 is 7.32. The van der Waals surface area contributed by atoms with Crippen molar-refractivity contribution in [2.45, 2.75) is 20.3 Å². The Bertz CT molecular complexity index is 968. The molecule has 0 aliphatic carbocycles. The molecular weight excluding hydrogens is 370 g/mol. The van der Waals surface area contributed by atoms with E-state index in [1.807, 2.05) is 32.0 Å². The zero-order valence-corrected chi connectivity index (χ0v) is 15.9. The van der Waals surface area contributed by atoms with Crippen LogP contribution in [0.25, 0.3) is 10.2 Å². The molecule has 3 aromatic rings. The van der Waals surface area contributed by atoms with Crippen LogP contribution in [0.2, 0.25) is 5.02 Å². The largest absolute Gasteiger partial charge is 0.326 e. The minimum absolute atomic E-state index is 0.0646. The van der Waals surface area contributed by atoms with Gasteiger partial charge in [-0.3, -0.25) is 9.59 Å². The second-order valence-electron chi connectivity index (χ2n) is 6.20. The molecule has 5 nitrogen and oxygen atoms in total. The summed E-state index contributed by atoms with van der Waals surface area (Å²) in [6.45, 7) is 3.67. The highest BCUT2D eigenvalue weighted by atomic mass is 35.5. The molecule has 0 saturated heterocycles. The molecule has 0 saturated carbocycles. The second-order valence-corrected chi connectivity index (χ2v) is 7.67. The number of benzene rings is 2. The molecule has 2 amide bonds. The average molecular weight is 388 g/mol. The number of hydrogen-bond donors (Lipinski definition) is 2. The lowest BCUT2D eigenvalue weighted by molar-refractivity contribution is -0.119. The molecule has 7 heteroatoms. The molecule has 1 heterocycles. The molecule has 26 heavy (non-hydrogen) atoms. The molecule has 0 aliphatic heterocycles. The van der Waals surface area contributed by atoms with Crippen molar-refractivity contribution in [2.24, 2.45) is 5.92 Å². The van der Waals surface area contributed by atoms with Gasteiger partial charge in [0, 0.05) is 16.6 Å². The number of amides is 2. The Morgan fingerprint density at radius 2 is 1.96 bits per heavy atom. The number of aromatic nitrogens is 1. The van der Waals surface area contributed by atoms with Crippen molar-refractivity contribution in [1.82, 2.24) is 4.98 Å². The van der Waals surface area contributed by atoms with Crippen LogP contribution in [0.5, 0.6) is 0 Å². The average Bonchev–Trinajstić information content (AvgIpc) is 2.96. The summed E-state index contributed by atoms with van der Waals surface area (Å²) in [6, 6.07) is 12.7. The first-order valence-corrected chi connectivity index (χ1v) is 9.36. The minimum atomic E-state index is -0.121. The van der Waals surface area contributed by atoms with E-state index in [9.17, 15) is 9.59 Å². The lowest BCUT2D eigenvalue weighted by atomic mass is 10.1. The fraction of sp³-hybridized carbons (Fsp3) is 0.211. The van der Waals surface area contributed by atoms with Gasteiger partial charge in [0.2, 0.25) is 11.8 Å². The highest BCUT2D eigenvalue weighted by Crippen LogP contribution is 2.27. The van der Waals surface area contributed by atoms with Crippen molar-refractivity contribution >= 4 is 55.8 Å². The van der Waals surface area contributed by atoms with E-state index in [0.29, 0.717) is 15.8 Å². The molecule has 2 N–H and O–H groups in total. The summed E-state index contributed by atoms with van der Waals surface area (Å²) in [6.07, 6.45) is 0.244. The second kappa shape index (κ2) is 7.85. The summed E-state index contributed by atoms with van der Waals surface area (Å²) in [4.78, 5) is 28.4. The fourth-order valence-electron chi connectivity index (χ4n) is 2.34. The first-order valence-electron chi connectivity index (χ1n) is 8.16. The van der Waals surface area contributed by atoms with Crippen molar-refractivity contribution in [3.63, 3.8) is 0 Å². The van der Waals surface area contributed by atoms with Gasteiger partial charge >= 0.3 is 0 Å². The number of nitrogens with one attached hydrogen (secondary N) is 2. The number of carbonyl (C=O) groups excluding carboxylic acids is 2. The zero-order chi connectivity index (χ0) is 18.7. The molecule has 0 atom stereocenters. The van der Waals surface area contributed by atoms with Gasteiger partial charge in [0.1, 0.15) is 0 Å². The number of rotatable bonds is 5. The van der Waals surface area contributed by atoms with Crippen molar-refractivity contribution in [2.75, 3.05) is 10.6 Å². The first-order chi connectivity index (χ1) is 12.4. The summed E-state index contributed by atoms with van der Waals surface area (Å²) < 4.78 is 0.928. The van der Waals surface area contributed by atoms with Crippen LogP contribution in [0.15, 0.2) is 42.5 Å². The number of carbonyl (C=O) groups is 2. The molecule has 134 valence electrons. The van der Waals surface area contributed by atoms with E-state index in [2.05, 4.69) is 15.6 Å². The van der Waals surface area contributed by atoms with Gasteiger partial charge in [-0.15, -0.1) is 0 Å². The van der Waals surface area contributed by atoms with Crippen LogP contribution in [0.1, 0.15) is 19.4 Å². The van der Waals surface area contributed by atoms with Gasteiger partial charge in [-0.05, 0) is 35.9 Å². The van der Waals surface area contributed by atoms with Crippen molar-refractivity contribution in [3.05, 3.63) is 53.1 Å². The number of halogens is 1. The lowest BCUT2D eigenvalue weighted by Gasteiger charge is -2.05. The SMILES string of the molecule is CC(C)C(=O)Nc1nc2ccc(CC(=O)Nc3cccc(Cl)c3)cc2s1. The maximum atomic E-state index is 12.2. The maximum absolute atomic E-state index is 12.2. The van der Waals surface area contributed by atoms with Crippen LogP contribution in [-0.4, -0.2) is 16.8 Å². The van der Waals surface area contributed by atoms with Crippen LogP contribution in [-0.2, 0) is 16.0 Å². The predicted molar refractivity (Wildman–Crippen MR) is 107 cm³/mol. The zero-order valence-electron chi connectivity index (χ0n) is 14.4. The Balaban J connectivity index is 1.70. The van der Waals surface area contributed by atoms with Gasteiger partial charge in [-0.25, -0.2) is 4.98 Å². The Labute approximate surface area is 160 Å². The van der Waals surface area contributed by atoms with Crippen LogP contribution >= 0.6 is 22.9 Å². The molecule has 0 spiro atoms. The van der Waals surface area contributed by atoms with E-state index in [-0.39, 0.29) is 24.2 Å². The van der Waals surface area contributed by atoms with E-state index in [4.69, 9.17) is 11.6 Å². The molecule has 0 unspecified atom stereocenters. The van der Waals surface area contributed by atoms with E-state index in [1.165, 1.54) is 11.3 Å². The summed E-state index contributed by atoms with van der Waals surface area (Å²) in [5.41, 5.74) is 2.34. The van der Waals surface area contributed by atoms with E-state index in [0.717, 1.165) is 15.8 Å². The van der Waals surface area contributed by atoms with Crippen LogP contribution in [0.3, 0.4) is 0 Å². The number of hydrogen-bond acceptors (Lipinski definition) is 4. The molecule has 0 fully saturated rings. The number of thiazole rings is 1. The highest BCUT2D eigenvalue weighted by molar-refractivity contribution is 7.22. The van der Waals surface area contributed by atoms with E-state index >= 15 is 0 Å². The standard InChI is InChI=1S/C19H18ClN3O2S/c1-11(2)18(25)23-19-22-15-7-6-12(8-16(15)26-19)9-17(24)21-14-5-3-4-13(20)10-14/h3-8,10-11H,9H2,1-2H3,(H,21,24)(H,22,23,25). The molecule has 3 rings (SSSR count). The van der Waals surface area contributed by atoms with Crippen LogP contribution in [0, 0.1) is 5.92 Å². The predicted octanol–water partition coefficient (Wildman–Crippen LogP) is 4.73. The third-order valence-electron chi connectivity index (χ3n) is 3.68. The van der Waals surface area contributed by atoms with Gasteiger partial charge < -0.3 is 10.6 Å². The van der Waals surface area contributed by atoms with Crippen LogP contribution in [0.4, 0.5) is 10.8 Å². The Hall–Kier alpha value is -2.44. The van der Waals surface area contributed by atoms with Gasteiger partial charge in [-0.1, -0.05) is 48.9 Å². The van der Waals surface area contributed by atoms with Gasteiger partial charge in [0.15, 0.2) is 5.13 Å². The third-order valence-corrected chi connectivity index (χ3v) is 4.85. The summed E-state index contributed by atoms with van der Waals surface area (Å²) in [7, 11) is 0. The smallest absolute Gasteiger partial charge is 0.228 e. The normalized spacial score (nSPS) is 10.9. The Morgan fingerprint density at radius 1 is 1.15 bits per heavy atom. The van der Waals surface area contributed by atoms with E-state index in [1.54, 1.807) is 24.3 Å². The van der Waals surface area contributed by atoms with Gasteiger partial charge in [0.25, 0.3) is 0 Å². The number of fused-ring (bicyclic) bond motifs is 1. The van der Waals surface area contributed by atoms with E-state index < -0.39 is 0 Å². The topological polar surface area (TPSA) is 71.1 Å². The summed E-state index contributed by atoms with van der Waals surface area (Å²) in [5.74, 6) is -0.289. The third kappa shape index (κ3) is 4.59. The maximum Gasteiger partial charge on any atom is 0.228 e. The molecular formula is C19H18ClN3O2S. The molecule has 0 aliphatic rings. The highest BCUT2D eigenvalue weighted by Gasteiger charge is 2.12. The minimum Gasteiger partial charge on any atom is -0.326 e. The fourth-order valence-corrected chi connectivity index (χ4v) is 3.46. The van der Waals surface area contributed by atoms with Crippen molar-refractivity contribution in [3.8, 4) is 0 Å². The van der Waals surface area contributed by atoms with Crippen LogP contribution < -0.4 is 10.6 Å². The summed E-state index contributed by atoms with van der Waals surface area (Å²) in [5, 5.41) is 6.78. The lowest BCUT2D eigenvalue weighted by Crippen LogP contribution is -2.17. The van der Waals surface area contributed by atoms with Crippen molar-refractivity contribution < 1.29 is 9.59 Å². The molecule has 2 aromatic carbocycles. The van der Waals surface area contributed by atoms with Gasteiger partial charge in [0.05, 0.1) is 16.6 Å². The Kier molecular flexibility index (Phi) is 5.54. The monoisotopic (exact) mass is 387 g/mol. The Morgan fingerprint density at radius 3 is 2.69 bits per heavy atom. The number of nitrogens with zero attached hydrogens (tertiary/aromatic N) is 1. The number of anilines is 2. The molecule has 1 aromatic heterocycles. The first kappa shape index (κ1) is 18.4.